The Morgan fingerprint density at radius 1 is 1.38 bits per heavy atom. The van der Waals surface area contributed by atoms with E-state index in [1.54, 1.807) is 23.5 Å². The summed E-state index contributed by atoms with van der Waals surface area (Å²) in [5, 5.41) is 14.3. The van der Waals surface area contributed by atoms with Crippen LogP contribution in [0.1, 0.15) is 26.7 Å². The molecule has 1 saturated heterocycles. The third kappa shape index (κ3) is 3.88. The van der Waals surface area contributed by atoms with E-state index in [9.17, 15) is 9.90 Å². The fourth-order valence-electron chi connectivity index (χ4n) is 2.35. The van der Waals surface area contributed by atoms with Crippen LogP contribution >= 0.6 is 23.5 Å². The zero-order valence-electron chi connectivity index (χ0n) is 12.4. The summed E-state index contributed by atoms with van der Waals surface area (Å²) in [4.78, 5) is 17.4. The maximum Gasteiger partial charge on any atom is 0.344 e. The lowest BCUT2D eigenvalue weighted by Gasteiger charge is -2.35. The Morgan fingerprint density at radius 3 is 2.57 bits per heavy atom. The highest BCUT2D eigenvalue weighted by molar-refractivity contribution is 8.03. The molecule has 0 saturated carbocycles. The van der Waals surface area contributed by atoms with Crippen LogP contribution in [0.5, 0.6) is 0 Å². The average Bonchev–Trinajstić information content (AvgIpc) is 2.67. The number of carbonyl (C=O) groups excluding carboxylic acids is 1. The number of aliphatic hydroxyl groups excluding tert-OH is 1. The molecule has 118 valence electrons. The molecule has 0 unspecified atom stereocenters. The molecule has 0 aliphatic carbocycles. The van der Waals surface area contributed by atoms with Gasteiger partial charge in [-0.25, -0.2) is 4.79 Å². The second-order valence-electron chi connectivity index (χ2n) is 4.99. The van der Waals surface area contributed by atoms with Crippen molar-refractivity contribution in [2.45, 2.75) is 32.3 Å². The Labute approximate surface area is 133 Å². The lowest BCUT2D eigenvalue weighted by Crippen LogP contribution is -2.45. The monoisotopic (exact) mass is 331 g/mol. The molecule has 0 atom stereocenters. The molecular formula is C14H21NO4S2. The summed E-state index contributed by atoms with van der Waals surface area (Å²) in [6.07, 6.45) is 0.865. The van der Waals surface area contributed by atoms with Crippen LogP contribution in [-0.4, -0.2) is 52.0 Å². The van der Waals surface area contributed by atoms with Gasteiger partial charge < -0.3 is 14.7 Å². The van der Waals surface area contributed by atoms with Crippen molar-refractivity contribution in [3.8, 4) is 0 Å². The maximum absolute atomic E-state index is 12.4. The van der Waals surface area contributed by atoms with Gasteiger partial charge in [0.1, 0.15) is 23.5 Å². The van der Waals surface area contributed by atoms with Crippen LogP contribution in [0.3, 0.4) is 0 Å². The van der Waals surface area contributed by atoms with E-state index in [4.69, 9.17) is 9.57 Å². The Hall–Kier alpha value is -0.820. The standard InChI is InChI=1S/C14H21NO4S2/c1-3-10(15-18-4-2)12-11(16)7-14(19-13(12)17)8-20-5-6-21-9-14/h16H,3-9H2,1-2H3/b15-10-. The van der Waals surface area contributed by atoms with E-state index in [1.807, 2.05) is 13.8 Å². The minimum atomic E-state index is -0.582. The second-order valence-corrected chi connectivity index (χ2v) is 7.20. The summed E-state index contributed by atoms with van der Waals surface area (Å²) in [6, 6.07) is 0. The molecule has 0 bridgehead atoms. The molecule has 21 heavy (non-hydrogen) atoms. The Bertz CT molecular complexity index is 454. The molecule has 1 fully saturated rings. The van der Waals surface area contributed by atoms with Crippen LogP contribution in [-0.2, 0) is 14.4 Å². The fourth-order valence-corrected chi connectivity index (χ4v) is 4.98. The van der Waals surface area contributed by atoms with Crippen molar-refractivity contribution >= 4 is 35.2 Å². The van der Waals surface area contributed by atoms with Crippen LogP contribution in [0.4, 0.5) is 0 Å². The number of hydrogen-bond acceptors (Lipinski definition) is 7. The lowest BCUT2D eigenvalue weighted by molar-refractivity contribution is -0.152. The van der Waals surface area contributed by atoms with E-state index < -0.39 is 11.6 Å². The third-order valence-corrected chi connectivity index (χ3v) is 6.03. The van der Waals surface area contributed by atoms with Crippen molar-refractivity contribution in [3.63, 3.8) is 0 Å². The van der Waals surface area contributed by atoms with Crippen molar-refractivity contribution in [3.05, 3.63) is 11.3 Å². The number of thioether (sulfide) groups is 2. The first kappa shape index (κ1) is 16.5. The Kier molecular flexibility index (Phi) is 5.87. The predicted octanol–water partition coefficient (Wildman–Crippen LogP) is 2.77. The van der Waals surface area contributed by atoms with E-state index in [0.717, 1.165) is 23.0 Å². The first-order valence-corrected chi connectivity index (χ1v) is 9.43. The largest absolute Gasteiger partial charge is 0.511 e. The molecule has 0 aromatic rings. The lowest BCUT2D eigenvalue weighted by atomic mass is 9.94. The van der Waals surface area contributed by atoms with Crippen molar-refractivity contribution in [1.29, 1.82) is 0 Å². The molecule has 0 aromatic heterocycles. The Balaban J connectivity index is 2.25. The first-order valence-electron chi connectivity index (χ1n) is 7.12. The zero-order valence-corrected chi connectivity index (χ0v) is 14.0. The predicted molar refractivity (Wildman–Crippen MR) is 87.1 cm³/mol. The molecule has 1 N–H and O–H groups in total. The summed E-state index contributed by atoms with van der Waals surface area (Å²) < 4.78 is 5.71. The highest BCUT2D eigenvalue weighted by Gasteiger charge is 2.43. The Morgan fingerprint density at radius 2 is 2.05 bits per heavy atom. The molecule has 2 rings (SSSR count). The van der Waals surface area contributed by atoms with Crippen LogP contribution in [0.25, 0.3) is 0 Å². The minimum Gasteiger partial charge on any atom is -0.511 e. The molecular weight excluding hydrogens is 310 g/mol. The molecule has 0 aromatic carbocycles. The number of carbonyl (C=O) groups is 1. The van der Waals surface area contributed by atoms with Crippen molar-refractivity contribution in [1.82, 2.24) is 0 Å². The van der Waals surface area contributed by atoms with E-state index in [0.29, 0.717) is 25.2 Å². The quantitative estimate of drug-likeness (QED) is 0.485. The van der Waals surface area contributed by atoms with Gasteiger partial charge in [0.05, 0.1) is 5.71 Å². The number of nitrogens with zero attached hydrogens (tertiary/aromatic N) is 1. The summed E-state index contributed by atoms with van der Waals surface area (Å²) in [5.74, 6) is 3.15. The molecule has 5 nitrogen and oxygen atoms in total. The number of hydrogen-bond donors (Lipinski definition) is 1. The van der Waals surface area contributed by atoms with E-state index in [1.165, 1.54) is 0 Å². The van der Waals surface area contributed by atoms with Gasteiger partial charge in [-0.3, -0.25) is 0 Å². The van der Waals surface area contributed by atoms with Crippen LogP contribution < -0.4 is 0 Å². The highest BCUT2D eigenvalue weighted by atomic mass is 32.2. The van der Waals surface area contributed by atoms with Crippen LogP contribution in [0.2, 0.25) is 0 Å². The average molecular weight is 331 g/mol. The minimum absolute atomic E-state index is 0.0784. The molecule has 2 aliphatic rings. The van der Waals surface area contributed by atoms with Crippen molar-refractivity contribution < 1.29 is 19.5 Å². The van der Waals surface area contributed by atoms with Gasteiger partial charge in [-0.1, -0.05) is 12.1 Å². The highest BCUT2D eigenvalue weighted by Crippen LogP contribution is 2.37. The first-order chi connectivity index (χ1) is 10.1. The SMILES string of the molecule is CCO/N=C(/CC)C1=C(O)CC2(CSCCSC2)OC1=O. The summed E-state index contributed by atoms with van der Waals surface area (Å²) in [7, 11) is 0. The van der Waals surface area contributed by atoms with E-state index in [2.05, 4.69) is 5.16 Å². The summed E-state index contributed by atoms with van der Waals surface area (Å²) >= 11 is 3.54. The van der Waals surface area contributed by atoms with Gasteiger partial charge in [-0.2, -0.15) is 23.5 Å². The molecule has 1 spiro atoms. The van der Waals surface area contributed by atoms with Gasteiger partial charge in [0.2, 0.25) is 0 Å². The summed E-state index contributed by atoms with van der Waals surface area (Å²) in [6.45, 7) is 4.11. The summed E-state index contributed by atoms with van der Waals surface area (Å²) in [5.41, 5.74) is 0.0417. The molecule has 7 heteroatoms. The van der Waals surface area contributed by atoms with Gasteiger partial charge in [-0.15, -0.1) is 0 Å². The molecule has 0 amide bonds. The van der Waals surface area contributed by atoms with Crippen molar-refractivity contribution in [2.75, 3.05) is 29.6 Å². The van der Waals surface area contributed by atoms with Gasteiger partial charge in [-0.05, 0) is 13.3 Å². The smallest absolute Gasteiger partial charge is 0.344 e. The zero-order chi connectivity index (χ0) is 15.3. The van der Waals surface area contributed by atoms with E-state index >= 15 is 0 Å². The fraction of sp³-hybridized carbons (Fsp3) is 0.714. The van der Waals surface area contributed by atoms with Gasteiger partial charge in [0, 0.05) is 29.4 Å². The number of aliphatic hydroxyl groups is 1. The molecule has 0 radical (unpaired) electrons. The normalized spacial score (nSPS) is 23.0. The maximum atomic E-state index is 12.4. The topological polar surface area (TPSA) is 68.1 Å². The van der Waals surface area contributed by atoms with Gasteiger partial charge in [0.15, 0.2) is 0 Å². The van der Waals surface area contributed by atoms with Crippen LogP contribution in [0.15, 0.2) is 16.5 Å². The number of esters is 1. The number of oxime groups is 1. The second kappa shape index (κ2) is 7.45. The van der Waals surface area contributed by atoms with Gasteiger partial charge in [0.25, 0.3) is 0 Å². The number of ether oxygens (including phenoxy) is 1. The van der Waals surface area contributed by atoms with Gasteiger partial charge >= 0.3 is 5.97 Å². The van der Waals surface area contributed by atoms with Crippen molar-refractivity contribution in [2.24, 2.45) is 5.16 Å². The molecule has 2 heterocycles. The number of rotatable bonds is 4. The third-order valence-electron chi connectivity index (χ3n) is 3.32. The van der Waals surface area contributed by atoms with E-state index in [-0.39, 0.29) is 11.3 Å². The van der Waals surface area contributed by atoms with Crippen LogP contribution in [0, 0.1) is 0 Å². The molecule has 2 aliphatic heterocycles.